The zero-order valence-electron chi connectivity index (χ0n) is 31.2. The lowest BCUT2D eigenvalue weighted by molar-refractivity contribution is -0.911. The molecule has 1 aromatic carbocycles. The molecule has 2 saturated heterocycles. The first-order valence-electron chi connectivity index (χ1n) is 18.0. The van der Waals surface area contributed by atoms with Gasteiger partial charge in [0.05, 0.1) is 60.2 Å². The number of nitrogens with two attached hydrogens (primary N) is 1. The van der Waals surface area contributed by atoms with Crippen molar-refractivity contribution in [3.05, 3.63) is 48.3 Å². The molecule has 8 N–H and O–H groups in total. The second-order valence-electron chi connectivity index (χ2n) is 13.8. The number of nitrogens with zero attached hydrogens (tertiary/aromatic N) is 6. The number of amides is 3. The standard InChI is InChI=1S/C34H35Cl2N9O13S2/c1-2-43-14-9-15(46)25(49)19(35)18(14)26(50)22(41-43)28(51)38-5-8-45(6-3-4-7-45)11-13-12-59-31-23(30(53)44(31)24(13)33(56)57)39-29(52)21(20-27(36)60-34(37)40-20)42-58-16(32(54)55)10-17(47)48/h9,16,23,31H,2-8,10-12H2,1H3,(H8-,37,38,39,40,41,42,46,47,48,49,50,51,52,54,55,56,57)/t16-,23+,31+/m0/s1. The fourth-order valence-electron chi connectivity index (χ4n) is 7.23. The van der Waals surface area contributed by atoms with Crippen LogP contribution in [-0.2, 0) is 35.4 Å². The number of aromatic hydroxyl groups is 2. The summed E-state index contributed by atoms with van der Waals surface area (Å²) in [6.45, 7) is 3.56. The minimum absolute atomic E-state index is 0.0326. The Morgan fingerprint density at radius 1 is 1.15 bits per heavy atom. The number of anilines is 1. The molecule has 0 radical (unpaired) electrons. The van der Waals surface area contributed by atoms with Crippen molar-refractivity contribution in [2.24, 2.45) is 5.16 Å². The average Bonchev–Trinajstić information content (AvgIpc) is 3.79. The Bertz CT molecular complexity index is 2450. The molecule has 3 amide bonds. The van der Waals surface area contributed by atoms with Gasteiger partial charge in [-0.15, -0.1) is 11.8 Å². The van der Waals surface area contributed by atoms with Crippen LogP contribution in [-0.4, -0.2) is 142 Å². The average molecular weight is 913 g/mol. The van der Waals surface area contributed by atoms with Crippen LogP contribution in [0.5, 0.6) is 11.5 Å². The van der Waals surface area contributed by atoms with Gasteiger partial charge in [-0.3, -0.25) is 33.6 Å². The van der Waals surface area contributed by atoms with Crippen LogP contribution in [0.1, 0.15) is 42.4 Å². The fraction of sp³-hybridized carbons (Fsp3) is 0.412. The van der Waals surface area contributed by atoms with Crippen LogP contribution in [0.2, 0.25) is 9.36 Å². The first-order chi connectivity index (χ1) is 28.4. The van der Waals surface area contributed by atoms with Crippen LogP contribution < -0.4 is 26.9 Å². The number of hydrogen-bond acceptors (Lipinski definition) is 17. The van der Waals surface area contributed by atoms with Crippen LogP contribution in [0.3, 0.4) is 0 Å². The quantitative estimate of drug-likeness (QED) is 0.0306. The number of nitrogens with one attached hydrogen (secondary N) is 2. The van der Waals surface area contributed by atoms with E-state index in [1.165, 1.54) is 4.68 Å². The highest BCUT2D eigenvalue weighted by Gasteiger charge is 2.54. The van der Waals surface area contributed by atoms with Crippen molar-refractivity contribution in [2.75, 3.05) is 44.2 Å². The van der Waals surface area contributed by atoms with Gasteiger partial charge in [-0.2, -0.15) is 5.10 Å². The van der Waals surface area contributed by atoms with Crippen molar-refractivity contribution in [1.29, 1.82) is 0 Å². The fourth-order valence-corrected chi connectivity index (χ4v) is 9.77. The van der Waals surface area contributed by atoms with Crippen LogP contribution in [0.4, 0.5) is 5.13 Å². The van der Waals surface area contributed by atoms with Gasteiger partial charge in [-0.05, 0) is 6.92 Å². The summed E-state index contributed by atoms with van der Waals surface area (Å²) in [6.07, 6.45) is -1.48. The maximum atomic E-state index is 13.6. The number of hydrogen-bond donors (Lipinski definition) is 7. The topological polar surface area (TPSA) is 329 Å². The number of nitrogen functional groups attached to an aromatic ring is 1. The Balaban J connectivity index is 1.18. The van der Waals surface area contributed by atoms with Gasteiger partial charge >= 0.3 is 11.9 Å². The van der Waals surface area contributed by atoms with Gasteiger partial charge in [0.25, 0.3) is 17.7 Å². The maximum Gasteiger partial charge on any atom is 0.348 e. The van der Waals surface area contributed by atoms with Crippen molar-refractivity contribution >= 4 is 104 Å². The van der Waals surface area contributed by atoms with Gasteiger partial charge < -0.3 is 56.0 Å². The lowest BCUT2D eigenvalue weighted by Crippen LogP contribution is -2.72. The van der Waals surface area contributed by atoms with Crippen molar-refractivity contribution in [3.8, 4) is 11.5 Å². The summed E-state index contributed by atoms with van der Waals surface area (Å²) in [7, 11) is 0. The van der Waals surface area contributed by atoms with E-state index in [9.17, 15) is 54.0 Å². The number of oxime groups is 1. The molecular weight excluding hydrogens is 877 g/mol. The van der Waals surface area contributed by atoms with Crippen molar-refractivity contribution in [3.63, 3.8) is 0 Å². The molecule has 2 fully saturated rings. The summed E-state index contributed by atoms with van der Waals surface area (Å²) in [5, 5.41) is 62.4. The number of carbonyl (C=O) groups excluding carboxylic acids is 4. The number of phenols is 2. The Morgan fingerprint density at radius 2 is 1.85 bits per heavy atom. The molecular formula is C34H35Cl2N9O13S2. The SMILES string of the molecule is CCn1nc(C(=O)NCC[N+]2(CC3=C(C(=O)[O-])N4C(=O)[C@@H](NC(=O)/C(=N\O[C@@H](CC(=O)O)C(=O)O)c5nc(N)sc5Cl)[C@H]4SC3)CCCC2)c(=O)c2c(Cl)c(O)c(O)cc21. The number of aromatic nitrogens is 3. The summed E-state index contributed by atoms with van der Waals surface area (Å²) >= 11 is 14.3. The second kappa shape index (κ2) is 17.5. The van der Waals surface area contributed by atoms with Gasteiger partial charge in [0.2, 0.25) is 11.5 Å². The molecule has 5 heterocycles. The first-order valence-corrected chi connectivity index (χ1v) is 20.6. The van der Waals surface area contributed by atoms with Crippen molar-refractivity contribution in [2.45, 2.75) is 50.3 Å². The monoisotopic (exact) mass is 911 g/mol. The lowest BCUT2D eigenvalue weighted by Gasteiger charge is -2.51. The number of halogens is 2. The number of carbonyl (C=O) groups is 6. The largest absolute Gasteiger partial charge is 0.543 e. The highest BCUT2D eigenvalue weighted by atomic mass is 35.5. The molecule has 22 nitrogen and oxygen atoms in total. The molecule has 2 aromatic heterocycles. The third kappa shape index (κ3) is 8.50. The number of β-lactam (4-membered cyclic amide) rings is 1. The number of aliphatic carboxylic acids is 3. The Hall–Kier alpha value is -5.69. The van der Waals surface area contributed by atoms with Gasteiger partial charge in [-0.1, -0.05) is 39.7 Å². The zero-order valence-corrected chi connectivity index (χ0v) is 34.3. The van der Waals surface area contributed by atoms with Crippen molar-refractivity contribution < 1.29 is 63.6 Å². The molecule has 0 spiro atoms. The molecule has 26 heteroatoms. The third-order valence-corrected chi connectivity index (χ3v) is 12.8. The summed E-state index contributed by atoms with van der Waals surface area (Å²) in [5.41, 5.74) is 3.39. The Morgan fingerprint density at radius 3 is 2.45 bits per heavy atom. The lowest BCUT2D eigenvalue weighted by atomic mass is 10.0. The molecule has 3 aliphatic heterocycles. The van der Waals surface area contributed by atoms with E-state index < -0.39 is 92.9 Å². The summed E-state index contributed by atoms with van der Waals surface area (Å²) < 4.78 is 1.45. The van der Waals surface area contributed by atoms with E-state index in [4.69, 9.17) is 38.9 Å². The second-order valence-corrected chi connectivity index (χ2v) is 16.9. The maximum absolute atomic E-state index is 13.6. The number of thioether (sulfide) groups is 1. The number of carboxylic acid groups (broad SMARTS) is 3. The molecule has 60 heavy (non-hydrogen) atoms. The normalized spacial score (nSPS) is 19.1. The number of thiazole rings is 1. The minimum Gasteiger partial charge on any atom is -0.543 e. The highest BCUT2D eigenvalue weighted by Crippen LogP contribution is 2.42. The molecule has 0 bridgehead atoms. The van der Waals surface area contributed by atoms with Crippen LogP contribution in [0.25, 0.3) is 10.9 Å². The van der Waals surface area contributed by atoms with E-state index in [-0.39, 0.29) is 57.1 Å². The molecule has 0 aliphatic carbocycles. The minimum atomic E-state index is -2.02. The number of likely N-dealkylation sites (tertiary alicyclic amines) is 1. The predicted octanol–water partition coefficient (Wildman–Crippen LogP) is -0.734. The molecule has 3 aromatic rings. The number of phenolic OH excluding ortho intramolecular Hbond substituents is 2. The summed E-state index contributed by atoms with van der Waals surface area (Å²) in [5.74, 6) is -8.84. The van der Waals surface area contributed by atoms with E-state index >= 15 is 0 Å². The van der Waals surface area contributed by atoms with E-state index in [0.29, 0.717) is 29.7 Å². The Labute approximate surface area is 355 Å². The zero-order chi connectivity index (χ0) is 43.8. The van der Waals surface area contributed by atoms with Gasteiger partial charge in [0, 0.05) is 36.8 Å². The van der Waals surface area contributed by atoms with E-state index in [2.05, 4.69) is 25.9 Å². The summed E-state index contributed by atoms with van der Waals surface area (Å²) in [4.78, 5) is 99.0. The van der Waals surface area contributed by atoms with Crippen LogP contribution in [0.15, 0.2) is 27.3 Å². The third-order valence-electron chi connectivity index (χ3n) is 10.0. The number of carboxylic acids is 3. The number of fused-ring (bicyclic) bond motifs is 2. The van der Waals surface area contributed by atoms with E-state index in [1.807, 2.05) is 0 Å². The highest BCUT2D eigenvalue weighted by molar-refractivity contribution is 8.00. The van der Waals surface area contributed by atoms with Crippen molar-refractivity contribution in [1.82, 2.24) is 30.3 Å². The number of quaternary nitrogens is 1. The van der Waals surface area contributed by atoms with Crippen LogP contribution in [0, 0.1) is 0 Å². The Kier molecular flexibility index (Phi) is 12.8. The van der Waals surface area contributed by atoms with Gasteiger partial charge in [0.15, 0.2) is 28.0 Å². The van der Waals surface area contributed by atoms with E-state index in [0.717, 1.165) is 46.9 Å². The van der Waals surface area contributed by atoms with Gasteiger partial charge in [-0.25, -0.2) is 9.78 Å². The van der Waals surface area contributed by atoms with E-state index in [1.54, 1.807) is 6.92 Å². The molecule has 0 unspecified atom stereocenters. The smallest absolute Gasteiger partial charge is 0.348 e. The summed E-state index contributed by atoms with van der Waals surface area (Å²) in [6, 6.07) is -0.196. The van der Waals surface area contributed by atoms with Gasteiger partial charge in [0.1, 0.15) is 28.0 Å². The molecule has 3 aliphatic rings. The molecule has 6 rings (SSSR count). The molecule has 0 saturated carbocycles. The predicted molar refractivity (Wildman–Crippen MR) is 211 cm³/mol. The number of aryl methyl sites for hydroxylation is 1. The first kappa shape index (κ1) is 43.9. The molecule has 320 valence electrons. The number of rotatable bonds is 16. The molecule has 3 atom stereocenters. The van der Waals surface area contributed by atoms with Crippen LogP contribution >= 0.6 is 46.3 Å². The number of benzene rings is 1.